The Morgan fingerprint density at radius 3 is 1.84 bits per heavy atom. The van der Waals surface area contributed by atoms with E-state index in [9.17, 15) is 19.6 Å². The summed E-state index contributed by atoms with van der Waals surface area (Å²) < 4.78 is 15.7. The largest absolute Gasteiger partial charge is 0.477 e. The summed E-state index contributed by atoms with van der Waals surface area (Å²) in [5.74, 6) is -0.641. The van der Waals surface area contributed by atoms with Crippen molar-refractivity contribution in [3.63, 3.8) is 0 Å². The lowest BCUT2D eigenvalue weighted by molar-refractivity contribution is -0.912. The monoisotopic (exact) mass is 482 g/mol. The second kappa shape index (κ2) is 17.0. The molecule has 0 aliphatic heterocycles. The van der Waals surface area contributed by atoms with Crippen LogP contribution in [0.5, 0.6) is 0 Å². The van der Waals surface area contributed by atoms with E-state index < -0.39 is 32.5 Å². The van der Waals surface area contributed by atoms with Crippen LogP contribution in [-0.2, 0) is 13.9 Å². The van der Waals surface area contributed by atoms with Crippen LogP contribution in [0.4, 0.5) is 0 Å². The lowest BCUT2D eigenvalue weighted by Crippen LogP contribution is -2.58. The van der Waals surface area contributed by atoms with E-state index in [1.165, 1.54) is 38.5 Å². The van der Waals surface area contributed by atoms with Gasteiger partial charge in [0.1, 0.15) is 12.1 Å². The van der Waals surface area contributed by atoms with E-state index in [0.717, 1.165) is 38.5 Å². The van der Waals surface area contributed by atoms with Gasteiger partial charge in [0.15, 0.2) is 6.54 Å². The Morgan fingerprint density at radius 2 is 1.38 bits per heavy atom. The minimum atomic E-state index is -4.71. The summed E-state index contributed by atoms with van der Waals surface area (Å²) in [6, 6.07) is -0.492. The van der Waals surface area contributed by atoms with Gasteiger partial charge in [-0.05, 0) is 5.92 Å². The van der Waals surface area contributed by atoms with Crippen LogP contribution in [0.3, 0.4) is 0 Å². The number of hydrogen-bond acceptors (Lipinski definition) is 4. The molecule has 0 spiro atoms. The van der Waals surface area contributed by atoms with Gasteiger partial charge in [0.05, 0.1) is 20.7 Å². The zero-order valence-corrected chi connectivity index (χ0v) is 21.6. The highest BCUT2D eigenvalue weighted by molar-refractivity contribution is 7.46. The molecule has 0 bridgehead atoms. The molecule has 4 N–H and O–H groups in total. The van der Waals surface area contributed by atoms with Gasteiger partial charge < -0.3 is 24.5 Å². The van der Waals surface area contributed by atoms with Crippen LogP contribution < -0.4 is 0 Å². The molecular formula is C23H49NO7P+. The van der Waals surface area contributed by atoms with E-state index >= 15 is 0 Å². The highest BCUT2D eigenvalue weighted by Gasteiger charge is 2.39. The Morgan fingerprint density at radius 1 is 0.906 bits per heavy atom. The maximum Gasteiger partial charge on any atom is 0.469 e. The average Bonchev–Trinajstić information content (AvgIpc) is 2.67. The number of carbonyl (C=O) groups is 1. The Hall–Kier alpha value is -0.500. The van der Waals surface area contributed by atoms with Crippen LogP contribution in [-0.4, -0.2) is 69.8 Å². The molecule has 0 fully saturated rings. The number of phosphoric acid groups is 1. The molecule has 0 rings (SSSR count). The Balaban J connectivity index is 5.25. The summed E-state index contributed by atoms with van der Waals surface area (Å²) in [5, 5.41) is 20.1. The number of phosphoric ester groups is 1. The molecule has 0 aromatic heterocycles. The molecule has 3 atom stereocenters. The average molecular weight is 483 g/mol. The fourth-order valence-electron chi connectivity index (χ4n) is 4.45. The highest BCUT2D eigenvalue weighted by atomic mass is 31.2. The number of rotatable bonds is 21. The first-order valence-electron chi connectivity index (χ1n) is 12.4. The molecule has 0 radical (unpaired) electrons. The van der Waals surface area contributed by atoms with Gasteiger partial charge in [0.2, 0.25) is 0 Å². The van der Waals surface area contributed by atoms with Gasteiger partial charge in [0, 0.05) is 6.42 Å². The summed E-state index contributed by atoms with van der Waals surface area (Å²) in [4.78, 5) is 29.5. The fraction of sp³-hybridized carbons (Fsp3) is 0.957. The number of carboxylic acid groups (broad SMARTS) is 1. The Bertz CT molecular complexity index is 538. The maximum atomic E-state index is 11.4. The minimum Gasteiger partial charge on any atom is -0.477 e. The standard InChI is InChI=1S/C23H48NO7P/c1-5-7-9-11-12-14-16-20(15-13-10-8-6-2)17-21(24(3,4)18-23(26)27)22(25)19-31-32(28,29)30/h20-22,25H,5-19H2,1-4H3,(H2-,26,27,28,29,30)/p+1. The van der Waals surface area contributed by atoms with E-state index in [-0.39, 0.29) is 11.0 Å². The number of carboxylic acids is 1. The van der Waals surface area contributed by atoms with E-state index in [2.05, 4.69) is 18.4 Å². The molecule has 32 heavy (non-hydrogen) atoms. The molecule has 0 aliphatic carbocycles. The zero-order valence-electron chi connectivity index (χ0n) is 20.7. The van der Waals surface area contributed by atoms with Crippen molar-refractivity contribution in [2.75, 3.05) is 27.2 Å². The van der Waals surface area contributed by atoms with Crippen LogP contribution in [0.1, 0.15) is 97.3 Å². The molecule has 0 heterocycles. The van der Waals surface area contributed by atoms with Crippen molar-refractivity contribution in [3.05, 3.63) is 0 Å². The Labute approximate surface area is 195 Å². The molecule has 9 heteroatoms. The molecule has 0 aromatic carbocycles. The third kappa shape index (κ3) is 16.2. The predicted molar refractivity (Wildman–Crippen MR) is 127 cm³/mol. The van der Waals surface area contributed by atoms with Crippen molar-refractivity contribution < 1.29 is 38.4 Å². The van der Waals surface area contributed by atoms with Gasteiger partial charge >= 0.3 is 13.8 Å². The van der Waals surface area contributed by atoms with E-state index in [1.807, 2.05) is 0 Å². The van der Waals surface area contributed by atoms with Crippen LogP contribution in [0.15, 0.2) is 0 Å². The fourth-order valence-corrected chi connectivity index (χ4v) is 4.80. The minimum absolute atomic E-state index is 0.0307. The smallest absolute Gasteiger partial charge is 0.469 e. The predicted octanol–water partition coefficient (Wildman–Crippen LogP) is 4.71. The van der Waals surface area contributed by atoms with Crippen molar-refractivity contribution in [1.82, 2.24) is 0 Å². The quantitative estimate of drug-likeness (QED) is 0.106. The van der Waals surface area contributed by atoms with Crippen LogP contribution in [0, 0.1) is 5.92 Å². The van der Waals surface area contributed by atoms with E-state index in [0.29, 0.717) is 12.3 Å². The second-order valence-corrected chi connectivity index (χ2v) is 11.0. The van der Waals surface area contributed by atoms with Crippen molar-refractivity contribution >= 4 is 13.8 Å². The van der Waals surface area contributed by atoms with Gasteiger partial charge in [-0.2, -0.15) is 0 Å². The van der Waals surface area contributed by atoms with E-state index in [4.69, 9.17) is 9.79 Å². The van der Waals surface area contributed by atoms with Gasteiger partial charge in [-0.25, -0.2) is 9.36 Å². The number of hydrogen-bond donors (Lipinski definition) is 4. The van der Waals surface area contributed by atoms with Gasteiger partial charge in [-0.15, -0.1) is 0 Å². The molecule has 0 saturated carbocycles. The number of aliphatic hydroxyl groups excluding tert-OH is 1. The summed E-state index contributed by atoms with van der Waals surface area (Å²) in [6.45, 7) is 3.67. The van der Waals surface area contributed by atoms with Crippen LogP contribution in [0.2, 0.25) is 0 Å². The van der Waals surface area contributed by atoms with Crippen LogP contribution in [0.25, 0.3) is 0 Å². The maximum absolute atomic E-state index is 11.4. The first kappa shape index (κ1) is 31.5. The number of nitrogens with zero attached hydrogens (tertiary/aromatic N) is 1. The molecule has 3 unspecified atom stereocenters. The lowest BCUT2D eigenvalue weighted by atomic mass is 9.86. The number of aliphatic hydroxyl groups is 1. The van der Waals surface area contributed by atoms with Crippen molar-refractivity contribution in [2.45, 2.75) is 109 Å². The summed E-state index contributed by atoms with van der Waals surface area (Å²) in [5.41, 5.74) is 0. The van der Waals surface area contributed by atoms with E-state index in [1.54, 1.807) is 14.1 Å². The summed E-state index contributed by atoms with van der Waals surface area (Å²) >= 11 is 0. The third-order valence-electron chi connectivity index (χ3n) is 6.30. The lowest BCUT2D eigenvalue weighted by Gasteiger charge is -2.41. The molecular weight excluding hydrogens is 433 g/mol. The molecule has 0 amide bonds. The summed E-state index contributed by atoms with van der Waals surface area (Å²) in [7, 11) is -1.22. The second-order valence-electron chi connectivity index (χ2n) is 9.76. The van der Waals surface area contributed by atoms with Crippen molar-refractivity contribution in [2.24, 2.45) is 5.92 Å². The third-order valence-corrected chi connectivity index (χ3v) is 6.79. The summed E-state index contributed by atoms with van der Waals surface area (Å²) in [6.07, 6.45) is 13.3. The number of unbranched alkanes of at least 4 members (excludes halogenated alkanes) is 8. The van der Waals surface area contributed by atoms with Gasteiger partial charge in [-0.1, -0.05) is 90.9 Å². The number of aliphatic carboxylic acids is 1. The van der Waals surface area contributed by atoms with Crippen LogP contribution >= 0.6 is 7.82 Å². The molecule has 8 nitrogen and oxygen atoms in total. The highest BCUT2D eigenvalue weighted by Crippen LogP contribution is 2.37. The SMILES string of the molecule is CCCCCCCCC(CCCCCC)CC(C(O)COP(=O)(O)O)[N+](C)(C)CC(=O)O. The number of quaternary nitrogens is 1. The first-order chi connectivity index (χ1) is 14.9. The molecule has 0 aliphatic rings. The molecule has 0 saturated heterocycles. The van der Waals surface area contributed by atoms with Crippen molar-refractivity contribution in [1.29, 1.82) is 0 Å². The normalized spacial score (nSPS) is 15.5. The van der Waals surface area contributed by atoms with Crippen molar-refractivity contribution in [3.8, 4) is 0 Å². The molecule has 0 aromatic rings. The van der Waals surface area contributed by atoms with Gasteiger partial charge in [0.25, 0.3) is 0 Å². The van der Waals surface area contributed by atoms with Gasteiger partial charge in [-0.3, -0.25) is 4.52 Å². The molecule has 192 valence electrons. The zero-order chi connectivity index (χ0) is 24.6. The number of likely N-dealkylation sites (N-methyl/N-ethyl adjacent to an activating group) is 1. The Kier molecular flexibility index (Phi) is 16.7. The first-order valence-corrected chi connectivity index (χ1v) is 13.9. The topological polar surface area (TPSA) is 124 Å².